The standard InChI is InChI=1S/C22H31NO7/c1-12(2)19(24)17-18(23(22(26)20(17)25)8-9-30-13(3)4)14-10-15(27-5)21(29-7)16(11-14)28-6/h10-13,18,25H,8-9H2,1-7H3. The van der Waals surface area contributed by atoms with Crippen molar-refractivity contribution in [2.75, 3.05) is 34.5 Å². The molecule has 0 saturated carbocycles. The summed E-state index contributed by atoms with van der Waals surface area (Å²) in [6, 6.07) is 2.57. The van der Waals surface area contributed by atoms with Crippen LogP contribution in [0.4, 0.5) is 0 Å². The van der Waals surface area contributed by atoms with Crippen molar-refractivity contribution in [1.82, 2.24) is 4.90 Å². The third-order valence-corrected chi connectivity index (χ3v) is 4.88. The minimum Gasteiger partial charge on any atom is -0.503 e. The second kappa shape index (κ2) is 9.84. The zero-order valence-electron chi connectivity index (χ0n) is 18.6. The van der Waals surface area contributed by atoms with Crippen LogP contribution in [0.1, 0.15) is 39.3 Å². The minimum absolute atomic E-state index is 0.0133. The van der Waals surface area contributed by atoms with Crippen molar-refractivity contribution >= 4 is 11.7 Å². The number of nitrogens with zero attached hydrogens (tertiary/aromatic N) is 1. The monoisotopic (exact) mass is 421 g/mol. The average Bonchev–Trinajstić information content (AvgIpc) is 2.96. The highest BCUT2D eigenvalue weighted by atomic mass is 16.5. The number of hydrogen-bond donors (Lipinski definition) is 1. The quantitative estimate of drug-likeness (QED) is 0.620. The SMILES string of the molecule is COc1cc(C2C(C(=O)C(C)C)=C(O)C(=O)N2CCOC(C)C)cc(OC)c1OC. The number of carbonyl (C=O) groups is 2. The molecule has 166 valence electrons. The third-order valence-electron chi connectivity index (χ3n) is 4.88. The molecule has 0 saturated heterocycles. The lowest BCUT2D eigenvalue weighted by atomic mass is 9.91. The van der Waals surface area contributed by atoms with E-state index in [1.807, 2.05) is 13.8 Å². The fraction of sp³-hybridized carbons (Fsp3) is 0.545. The van der Waals surface area contributed by atoms with Gasteiger partial charge in [-0.1, -0.05) is 13.8 Å². The first-order valence-electron chi connectivity index (χ1n) is 9.87. The lowest BCUT2D eigenvalue weighted by molar-refractivity contribution is -0.130. The fourth-order valence-corrected chi connectivity index (χ4v) is 3.44. The normalized spacial score (nSPS) is 16.6. The van der Waals surface area contributed by atoms with Gasteiger partial charge in [0.2, 0.25) is 5.75 Å². The van der Waals surface area contributed by atoms with E-state index in [1.165, 1.54) is 26.2 Å². The molecular weight excluding hydrogens is 390 g/mol. The highest BCUT2D eigenvalue weighted by Crippen LogP contribution is 2.45. The van der Waals surface area contributed by atoms with Crippen molar-refractivity contribution in [2.24, 2.45) is 5.92 Å². The Morgan fingerprint density at radius 2 is 1.63 bits per heavy atom. The van der Waals surface area contributed by atoms with E-state index < -0.39 is 23.6 Å². The molecule has 1 aliphatic heterocycles. The van der Waals surface area contributed by atoms with Gasteiger partial charge in [0.15, 0.2) is 23.0 Å². The summed E-state index contributed by atoms with van der Waals surface area (Å²) in [5, 5.41) is 10.6. The molecule has 1 unspecified atom stereocenters. The maximum absolute atomic E-state index is 12.9. The van der Waals surface area contributed by atoms with Crippen molar-refractivity contribution in [3.8, 4) is 17.2 Å². The lowest BCUT2D eigenvalue weighted by Crippen LogP contribution is -2.34. The van der Waals surface area contributed by atoms with Gasteiger partial charge in [-0.3, -0.25) is 9.59 Å². The molecule has 2 rings (SSSR count). The summed E-state index contributed by atoms with van der Waals surface area (Å²) in [4.78, 5) is 27.2. The van der Waals surface area contributed by atoms with Crippen LogP contribution >= 0.6 is 0 Å². The van der Waals surface area contributed by atoms with Crippen molar-refractivity contribution < 1.29 is 33.6 Å². The molecule has 1 atom stereocenters. The highest BCUT2D eigenvalue weighted by molar-refractivity contribution is 6.09. The van der Waals surface area contributed by atoms with Crippen LogP contribution in [0.15, 0.2) is 23.5 Å². The van der Waals surface area contributed by atoms with Gasteiger partial charge in [-0.15, -0.1) is 0 Å². The average molecular weight is 421 g/mol. The first kappa shape index (κ1) is 23.5. The molecule has 1 amide bonds. The number of aliphatic hydroxyl groups excluding tert-OH is 1. The maximum atomic E-state index is 12.9. The van der Waals surface area contributed by atoms with Crippen LogP contribution in [-0.4, -0.2) is 62.3 Å². The van der Waals surface area contributed by atoms with Gasteiger partial charge in [0, 0.05) is 12.5 Å². The smallest absolute Gasteiger partial charge is 0.290 e. The molecule has 1 N–H and O–H groups in total. The summed E-state index contributed by atoms with van der Waals surface area (Å²) in [6.07, 6.45) is -0.0133. The number of Topliss-reactive ketones (excluding diaryl/α,β-unsaturated/α-hetero) is 1. The summed E-state index contributed by atoms with van der Waals surface area (Å²) < 4.78 is 21.8. The van der Waals surface area contributed by atoms with Gasteiger partial charge >= 0.3 is 0 Å². The number of hydrogen-bond acceptors (Lipinski definition) is 7. The minimum atomic E-state index is -0.795. The first-order chi connectivity index (χ1) is 14.2. The number of carbonyl (C=O) groups excluding carboxylic acids is 2. The molecule has 0 aliphatic carbocycles. The predicted octanol–water partition coefficient (Wildman–Crippen LogP) is 3.06. The Bertz CT molecular complexity index is 804. The van der Waals surface area contributed by atoms with Crippen LogP contribution < -0.4 is 14.2 Å². The van der Waals surface area contributed by atoms with Crippen LogP contribution in [0.5, 0.6) is 17.2 Å². The lowest BCUT2D eigenvalue weighted by Gasteiger charge is -2.28. The van der Waals surface area contributed by atoms with Crippen LogP contribution in [0.2, 0.25) is 0 Å². The zero-order valence-corrected chi connectivity index (χ0v) is 18.6. The molecule has 1 aliphatic rings. The van der Waals surface area contributed by atoms with Gasteiger partial charge < -0.3 is 29.0 Å². The first-order valence-corrected chi connectivity index (χ1v) is 9.87. The number of ketones is 1. The van der Waals surface area contributed by atoms with Gasteiger partial charge in [-0.05, 0) is 31.5 Å². The summed E-state index contributed by atoms with van der Waals surface area (Å²) in [7, 11) is 4.47. The Morgan fingerprint density at radius 1 is 1.07 bits per heavy atom. The van der Waals surface area contributed by atoms with Gasteiger partial charge in [0.05, 0.1) is 45.7 Å². The van der Waals surface area contributed by atoms with Crippen molar-refractivity contribution in [1.29, 1.82) is 0 Å². The maximum Gasteiger partial charge on any atom is 0.290 e. The second-order valence-corrected chi connectivity index (χ2v) is 7.56. The number of ether oxygens (including phenoxy) is 4. The molecule has 0 radical (unpaired) electrons. The topological polar surface area (TPSA) is 94.5 Å². The second-order valence-electron chi connectivity index (χ2n) is 7.56. The molecule has 1 aromatic rings. The molecule has 8 nitrogen and oxygen atoms in total. The van der Waals surface area contributed by atoms with E-state index in [4.69, 9.17) is 18.9 Å². The third kappa shape index (κ3) is 4.53. The molecule has 30 heavy (non-hydrogen) atoms. The molecular formula is C22H31NO7. The molecule has 8 heteroatoms. The summed E-state index contributed by atoms with van der Waals surface area (Å²) in [6.45, 7) is 7.71. The van der Waals surface area contributed by atoms with Crippen LogP contribution in [0.25, 0.3) is 0 Å². The highest BCUT2D eigenvalue weighted by Gasteiger charge is 2.44. The summed E-state index contributed by atoms with van der Waals surface area (Å²) >= 11 is 0. The van der Waals surface area contributed by atoms with E-state index in [1.54, 1.807) is 26.0 Å². The molecule has 0 spiro atoms. The van der Waals surface area contributed by atoms with Gasteiger partial charge in [0.1, 0.15) is 0 Å². The summed E-state index contributed by atoms with van der Waals surface area (Å²) in [5.74, 6) is -0.658. The molecule has 0 bridgehead atoms. The Kier molecular flexibility index (Phi) is 7.72. The predicted molar refractivity (Wildman–Crippen MR) is 111 cm³/mol. The van der Waals surface area contributed by atoms with Crippen LogP contribution in [-0.2, 0) is 14.3 Å². The van der Waals surface area contributed by atoms with E-state index in [-0.39, 0.29) is 30.6 Å². The number of amides is 1. The largest absolute Gasteiger partial charge is 0.503 e. The van der Waals surface area contributed by atoms with Gasteiger partial charge in [-0.2, -0.15) is 0 Å². The molecule has 1 heterocycles. The van der Waals surface area contributed by atoms with Crippen molar-refractivity contribution in [3.63, 3.8) is 0 Å². The Morgan fingerprint density at radius 3 is 2.07 bits per heavy atom. The van der Waals surface area contributed by atoms with Gasteiger partial charge in [0.25, 0.3) is 5.91 Å². The number of aliphatic hydroxyl groups is 1. The number of rotatable bonds is 10. The molecule has 0 fully saturated rings. The fourth-order valence-electron chi connectivity index (χ4n) is 3.44. The molecule has 1 aromatic carbocycles. The number of benzene rings is 1. The molecule has 0 aromatic heterocycles. The van der Waals surface area contributed by atoms with E-state index in [2.05, 4.69) is 0 Å². The van der Waals surface area contributed by atoms with E-state index in [0.29, 0.717) is 22.8 Å². The van der Waals surface area contributed by atoms with Gasteiger partial charge in [-0.25, -0.2) is 0 Å². The van der Waals surface area contributed by atoms with Crippen LogP contribution in [0, 0.1) is 5.92 Å². The van der Waals surface area contributed by atoms with E-state index in [9.17, 15) is 14.7 Å². The Labute approximate surface area is 177 Å². The van der Waals surface area contributed by atoms with E-state index >= 15 is 0 Å². The summed E-state index contributed by atoms with van der Waals surface area (Å²) in [5.41, 5.74) is 0.629. The van der Waals surface area contributed by atoms with Crippen molar-refractivity contribution in [3.05, 3.63) is 29.0 Å². The van der Waals surface area contributed by atoms with Crippen LogP contribution in [0.3, 0.4) is 0 Å². The van der Waals surface area contributed by atoms with Crippen molar-refractivity contribution in [2.45, 2.75) is 39.8 Å². The zero-order chi connectivity index (χ0) is 22.6. The number of methoxy groups -OCH3 is 3. The van der Waals surface area contributed by atoms with E-state index in [0.717, 1.165) is 0 Å². The Hall–Kier alpha value is -2.74. The Balaban J connectivity index is 2.61.